The molecule has 0 fully saturated rings. The Morgan fingerprint density at radius 2 is 1.00 bits per heavy atom. The van der Waals surface area contributed by atoms with Crippen LogP contribution in [0.15, 0.2) is 0 Å². The van der Waals surface area contributed by atoms with E-state index < -0.39 is 0 Å². The second-order valence-electron chi connectivity index (χ2n) is 0. The zero-order valence-electron chi connectivity index (χ0n) is 1.89. The van der Waals surface area contributed by atoms with Gasteiger partial charge in [-0.25, -0.2) is 0 Å². The van der Waals surface area contributed by atoms with E-state index in [-0.39, 0.29) is 24.8 Å². The second kappa shape index (κ2) is 25.8. The molecule has 0 unspecified atom stereocenters. The van der Waals surface area contributed by atoms with Crippen molar-refractivity contribution >= 4 is 24.8 Å². The molecule has 2 N–H and O–H groups in total. The minimum atomic E-state index is 0. The van der Waals surface area contributed by atoms with Gasteiger partial charge in [-0.15, -0.1) is 24.8 Å². The van der Waals surface area contributed by atoms with Gasteiger partial charge in [0.2, 0.25) is 0 Å². The van der Waals surface area contributed by atoms with Crippen LogP contribution in [0.5, 0.6) is 0 Å². The summed E-state index contributed by atoms with van der Waals surface area (Å²) in [6.07, 6.45) is 0. The van der Waals surface area contributed by atoms with Crippen molar-refractivity contribution in [1.29, 1.82) is 0 Å². The van der Waals surface area contributed by atoms with Crippen molar-refractivity contribution in [3.8, 4) is 0 Å². The van der Waals surface area contributed by atoms with E-state index in [4.69, 9.17) is 0 Å². The van der Waals surface area contributed by atoms with E-state index in [0.29, 0.717) is 0 Å². The summed E-state index contributed by atoms with van der Waals surface area (Å²) in [5.74, 6) is 0. The van der Waals surface area contributed by atoms with Crippen LogP contribution in [0.3, 0.4) is 0 Å². The number of halogens is 2. The summed E-state index contributed by atoms with van der Waals surface area (Å²) in [6.45, 7) is 0. The van der Waals surface area contributed by atoms with Crippen LogP contribution < -0.4 is 3.72 Å². The molecule has 0 aromatic heterocycles. The zero-order chi connectivity index (χ0) is 2.00. The average molecular weight is 267 g/mol. The molecule has 4 heteroatoms. The summed E-state index contributed by atoms with van der Waals surface area (Å²) in [5, 5.41) is 0. The molecule has 0 amide bonds. The van der Waals surface area contributed by atoms with Gasteiger partial charge in [0.05, 0.1) is 0 Å². The van der Waals surface area contributed by atoms with Crippen LogP contribution in [0.4, 0.5) is 0 Å². The Kier molecular flexibility index (Phi) is 117. The molecule has 27 valence electrons. The van der Waals surface area contributed by atoms with Crippen molar-refractivity contribution in [3.05, 3.63) is 0 Å². The van der Waals surface area contributed by atoms with E-state index in [0.717, 1.165) is 24.7 Å². The first kappa shape index (κ1) is 18.1. The summed E-state index contributed by atoms with van der Waals surface area (Å²) in [6, 6.07) is 0. The molecule has 0 rings (SSSR count). The fraction of sp³-hybridized carbons (Fsp3) is 0. The standard InChI is InChI=1S/2ClH.Hf.H2N/h2*1H;;1H2/q;;+1;-1. The Hall–Kier alpha value is 1.41. The van der Waals surface area contributed by atoms with Crippen LogP contribution in [-0.4, -0.2) is 0 Å². The van der Waals surface area contributed by atoms with Crippen molar-refractivity contribution in [2.75, 3.05) is 0 Å². The molecule has 0 saturated heterocycles. The predicted molar refractivity (Wildman–Crippen MR) is 18.7 cm³/mol. The fourth-order valence-corrected chi connectivity index (χ4v) is 0. The van der Waals surface area contributed by atoms with Crippen molar-refractivity contribution in [2.45, 2.75) is 0 Å². The third kappa shape index (κ3) is 9.96. The molecule has 0 aliphatic heterocycles. The van der Waals surface area contributed by atoms with Gasteiger partial charge in [0.25, 0.3) is 0 Å². The van der Waals surface area contributed by atoms with Gasteiger partial charge in [-0.2, -0.15) is 0 Å². The summed E-state index contributed by atoms with van der Waals surface area (Å²) in [5.41, 5.74) is 0. The van der Waals surface area contributed by atoms with Crippen LogP contribution in [0.1, 0.15) is 0 Å². The molecule has 0 saturated carbocycles. The van der Waals surface area contributed by atoms with E-state index in [9.17, 15) is 0 Å². The Morgan fingerprint density at radius 3 is 1.00 bits per heavy atom. The Labute approximate surface area is 53.1 Å². The molecule has 4 heavy (non-hydrogen) atoms. The molecule has 0 aromatic rings. The van der Waals surface area contributed by atoms with Gasteiger partial charge in [-0.1, -0.05) is 0 Å². The fourth-order valence-electron chi connectivity index (χ4n) is 0. The van der Waals surface area contributed by atoms with E-state index in [1.807, 2.05) is 0 Å². The van der Waals surface area contributed by atoms with E-state index in [1.54, 1.807) is 0 Å². The van der Waals surface area contributed by atoms with Crippen molar-refractivity contribution < 1.29 is 24.7 Å². The van der Waals surface area contributed by atoms with Gasteiger partial charge in [0.1, 0.15) is 0 Å². The normalized spacial score (nSPS) is 1.00. The topological polar surface area (TPSA) is 26.0 Å². The molecular weight excluding hydrogens is 263 g/mol. The number of hydrogen-bond acceptors (Lipinski definition) is 1. The van der Waals surface area contributed by atoms with Crippen LogP contribution >= 0.6 is 24.8 Å². The number of rotatable bonds is 0. The molecule has 0 bridgehead atoms. The monoisotopic (exact) mass is 268 g/mol. The van der Waals surface area contributed by atoms with Crippen LogP contribution in [0, 0.1) is 0 Å². The van der Waals surface area contributed by atoms with Gasteiger partial charge >= 0.3 is 28.4 Å². The summed E-state index contributed by atoms with van der Waals surface area (Å²) in [7, 11) is 0. The molecule has 0 aliphatic carbocycles. The van der Waals surface area contributed by atoms with Crippen LogP contribution in [0.25, 0.3) is 0 Å². The zero-order valence-corrected chi connectivity index (χ0v) is 7.12. The third-order valence-electron chi connectivity index (χ3n) is 0. The maximum atomic E-state index is 4.64. The van der Waals surface area contributed by atoms with Gasteiger partial charge in [-0.05, 0) is 0 Å². The molecule has 0 heterocycles. The Balaban J connectivity index is -0.00000000500. The number of hydrogen-bond donors (Lipinski definition) is 1. The van der Waals surface area contributed by atoms with Crippen molar-refractivity contribution in [1.82, 2.24) is 0 Å². The molecule has 0 spiro atoms. The first-order valence-corrected chi connectivity index (χ1v) is 2.36. The first-order chi connectivity index (χ1) is 1.00. The predicted octanol–water partition coefficient (Wildman–Crippen LogP) is 0.251. The van der Waals surface area contributed by atoms with E-state index in [1.165, 1.54) is 0 Å². The van der Waals surface area contributed by atoms with Gasteiger partial charge in [-0.3, -0.25) is 0 Å². The van der Waals surface area contributed by atoms with Crippen molar-refractivity contribution in [2.24, 2.45) is 3.72 Å². The SMILES string of the molecule is Cl.Cl.[NH2][Hf]. The summed E-state index contributed by atoms with van der Waals surface area (Å²) < 4.78 is 4.64. The molecular formula is H4Cl2HfN. The Bertz CT molecular complexity index is 6.00. The molecule has 0 atom stereocenters. The van der Waals surface area contributed by atoms with Gasteiger partial charge in [0.15, 0.2) is 0 Å². The van der Waals surface area contributed by atoms with Gasteiger partial charge in [0, 0.05) is 0 Å². The maximum absolute atomic E-state index is 4.64. The summed E-state index contributed by atoms with van der Waals surface area (Å²) >= 11 is 0.806. The molecule has 0 radical (unpaired) electrons. The summed E-state index contributed by atoms with van der Waals surface area (Å²) in [4.78, 5) is 0. The second-order valence-corrected chi connectivity index (χ2v) is 0. The number of nitrogens with two attached hydrogens (primary N) is 1. The Morgan fingerprint density at radius 1 is 1.00 bits per heavy atom. The molecule has 0 aliphatic rings. The van der Waals surface area contributed by atoms with Crippen LogP contribution in [-0.2, 0) is 24.7 Å². The van der Waals surface area contributed by atoms with Crippen LogP contribution in [0.2, 0.25) is 0 Å². The first-order valence-electron chi connectivity index (χ1n) is 0.289. The quantitative estimate of drug-likeness (QED) is 0.626. The molecule has 0 aromatic carbocycles. The minimum absolute atomic E-state index is 0. The van der Waals surface area contributed by atoms with Crippen molar-refractivity contribution in [3.63, 3.8) is 0 Å². The average Bonchev–Trinajstić information content (AvgIpc) is 1.00. The third-order valence-corrected chi connectivity index (χ3v) is 0. The molecule has 1 nitrogen and oxygen atoms in total. The van der Waals surface area contributed by atoms with E-state index >= 15 is 0 Å². The van der Waals surface area contributed by atoms with E-state index in [2.05, 4.69) is 3.72 Å². The van der Waals surface area contributed by atoms with Gasteiger partial charge < -0.3 is 0 Å².